The van der Waals surface area contributed by atoms with Gasteiger partial charge in [0.15, 0.2) is 0 Å². The monoisotopic (exact) mass is 465 g/mol. The first-order valence-corrected chi connectivity index (χ1v) is 9.80. The highest BCUT2D eigenvalue weighted by molar-refractivity contribution is 9.10. The number of aryl methyl sites for hydroxylation is 1. The first-order chi connectivity index (χ1) is 9.09. The van der Waals surface area contributed by atoms with Gasteiger partial charge in [0.2, 0.25) is 0 Å². The van der Waals surface area contributed by atoms with E-state index in [0.29, 0.717) is 0 Å². The van der Waals surface area contributed by atoms with Crippen LogP contribution in [0.1, 0.15) is 16.3 Å². The van der Waals surface area contributed by atoms with Crippen molar-refractivity contribution in [3.05, 3.63) is 50.4 Å². The molecule has 1 aromatic heterocycles. The van der Waals surface area contributed by atoms with Crippen LogP contribution < -0.4 is 0 Å². The molecule has 5 heteroatoms. The molecule has 0 unspecified atom stereocenters. The van der Waals surface area contributed by atoms with Gasteiger partial charge in [-0.25, -0.2) is 4.98 Å². The molecule has 0 aliphatic rings. The van der Waals surface area contributed by atoms with E-state index in [9.17, 15) is 0 Å². The summed E-state index contributed by atoms with van der Waals surface area (Å²) in [5.41, 5.74) is 2.54. The molecular weight excluding hydrogens is 454 g/mol. The molecule has 0 saturated carbocycles. The number of rotatable bonds is 5. The molecule has 2 aromatic rings. The van der Waals surface area contributed by atoms with Crippen LogP contribution in [-0.2, 0) is 11.8 Å². The third kappa shape index (κ3) is 3.69. The zero-order valence-electron chi connectivity index (χ0n) is 10.5. The van der Waals surface area contributed by atoms with Crippen LogP contribution in [0.3, 0.4) is 0 Å². The predicted octanol–water partition coefficient (Wildman–Crippen LogP) is 5.48. The van der Waals surface area contributed by atoms with Crippen LogP contribution in [0.25, 0.3) is 0 Å². The fourth-order valence-corrected chi connectivity index (χ4v) is 4.88. The third-order valence-electron chi connectivity index (χ3n) is 3.15. The topological polar surface area (TPSA) is 12.9 Å². The number of benzene rings is 1. The normalized spacial score (nSPS) is 11.8. The highest BCUT2D eigenvalue weighted by Crippen LogP contribution is 2.33. The predicted molar refractivity (Wildman–Crippen MR) is 94.0 cm³/mol. The number of alkyl halides is 2. The highest BCUT2D eigenvalue weighted by Gasteiger charge is 2.31. The summed E-state index contributed by atoms with van der Waals surface area (Å²) < 4.78 is 1.11. The third-order valence-corrected chi connectivity index (χ3v) is 6.65. The van der Waals surface area contributed by atoms with Crippen LogP contribution in [0.4, 0.5) is 0 Å². The molecule has 0 fully saturated rings. The maximum Gasteiger partial charge on any atom is 0.0897 e. The Bertz CT molecular complexity index is 532. The number of halogens is 3. The molecule has 19 heavy (non-hydrogen) atoms. The Kier molecular flexibility index (Phi) is 5.64. The Morgan fingerprint density at radius 1 is 1.16 bits per heavy atom. The van der Waals surface area contributed by atoms with Gasteiger partial charge in [0.1, 0.15) is 0 Å². The van der Waals surface area contributed by atoms with Gasteiger partial charge in [0, 0.05) is 32.3 Å². The number of aromatic nitrogens is 1. The Labute approximate surface area is 143 Å². The van der Waals surface area contributed by atoms with E-state index in [1.807, 2.05) is 0 Å². The van der Waals surface area contributed by atoms with Gasteiger partial charge in [0.05, 0.1) is 10.7 Å². The zero-order valence-corrected chi connectivity index (χ0v) is 16.1. The molecule has 0 spiro atoms. The molecular formula is C14H14Br3NS. The quantitative estimate of drug-likeness (QED) is 0.530. The molecule has 102 valence electrons. The van der Waals surface area contributed by atoms with Crippen molar-refractivity contribution in [2.75, 3.05) is 10.7 Å². The lowest BCUT2D eigenvalue weighted by Gasteiger charge is -2.30. The van der Waals surface area contributed by atoms with Crippen molar-refractivity contribution in [3.63, 3.8) is 0 Å². The lowest BCUT2D eigenvalue weighted by atomic mass is 9.80. The Balaban J connectivity index is 2.33. The van der Waals surface area contributed by atoms with E-state index < -0.39 is 0 Å². The van der Waals surface area contributed by atoms with Crippen molar-refractivity contribution in [1.29, 1.82) is 0 Å². The van der Waals surface area contributed by atoms with Gasteiger partial charge < -0.3 is 0 Å². The Hall–Kier alpha value is 0.290. The largest absolute Gasteiger partial charge is 0.247 e. The van der Waals surface area contributed by atoms with Gasteiger partial charge in [-0.1, -0.05) is 59.9 Å². The minimum absolute atomic E-state index is 0.0429. The van der Waals surface area contributed by atoms with Gasteiger partial charge in [-0.3, -0.25) is 0 Å². The number of hydrogen-bond acceptors (Lipinski definition) is 2. The van der Waals surface area contributed by atoms with Gasteiger partial charge in [-0.15, -0.1) is 11.3 Å². The summed E-state index contributed by atoms with van der Waals surface area (Å²) in [6, 6.07) is 8.57. The van der Waals surface area contributed by atoms with Crippen LogP contribution in [0.2, 0.25) is 0 Å². The van der Waals surface area contributed by atoms with E-state index in [-0.39, 0.29) is 5.41 Å². The second kappa shape index (κ2) is 6.83. The number of nitrogens with zero attached hydrogens (tertiary/aromatic N) is 1. The Morgan fingerprint density at radius 2 is 1.79 bits per heavy atom. The molecule has 0 radical (unpaired) electrons. The van der Waals surface area contributed by atoms with Crippen molar-refractivity contribution in [3.8, 4) is 0 Å². The van der Waals surface area contributed by atoms with Crippen LogP contribution in [0.15, 0.2) is 34.1 Å². The second-order valence-electron chi connectivity index (χ2n) is 4.59. The molecule has 0 saturated heterocycles. The molecule has 2 rings (SSSR count). The number of hydrogen-bond donors (Lipinski definition) is 0. The van der Waals surface area contributed by atoms with E-state index in [1.165, 1.54) is 11.3 Å². The molecule has 0 atom stereocenters. The first-order valence-electron chi connectivity index (χ1n) is 5.88. The van der Waals surface area contributed by atoms with E-state index in [1.54, 1.807) is 11.3 Å². The molecule has 0 aliphatic carbocycles. The lowest BCUT2D eigenvalue weighted by molar-refractivity contribution is 0.544. The fourth-order valence-electron chi connectivity index (χ4n) is 2.03. The van der Waals surface area contributed by atoms with Crippen molar-refractivity contribution in [2.24, 2.45) is 0 Å². The SMILES string of the molecule is Cc1nc(CC(CBr)(CBr)c2ccc(Br)cc2)cs1. The smallest absolute Gasteiger partial charge is 0.0897 e. The second-order valence-corrected chi connectivity index (χ2v) is 7.69. The molecule has 0 N–H and O–H groups in total. The molecule has 1 nitrogen and oxygen atoms in total. The van der Waals surface area contributed by atoms with Gasteiger partial charge in [0.25, 0.3) is 0 Å². The van der Waals surface area contributed by atoms with Crippen LogP contribution in [0, 0.1) is 6.92 Å². The summed E-state index contributed by atoms with van der Waals surface area (Å²) in [5, 5.41) is 5.10. The van der Waals surface area contributed by atoms with Gasteiger partial charge in [-0.05, 0) is 24.6 Å². The van der Waals surface area contributed by atoms with Crippen molar-refractivity contribution in [1.82, 2.24) is 4.98 Å². The van der Waals surface area contributed by atoms with Gasteiger partial charge >= 0.3 is 0 Å². The fraction of sp³-hybridized carbons (Fsp3) is 0.357. The minimum Gasteiger partial charge on any atom is -0.247 e. The van der Waals surface area contributed by atoms with Crippen molar-refractivity contribution in [2.45, 2.75) is 18.8 Å². The minimum atomic E-state index is 0.0429. The van der Waals surface area contributed by atoms with E-state index in [4.69, 9.17) is 0 Å². The molecule has 0 bridgehead atoms. The van der Waals surface area contributed by atoms with E-state index in [2.05, 4.69) is 89.3 Å². The molecule has 0 amide bonds. The summed E-state index contributed by atoms with van der Waals surface area (Å²) in [7, 11) is 0. The van der Waals surface area contributed by atoms with E-state index >= 15 is 0 Å². The molecule has 0 aliphatic heterocycles. The molecule has 1 heterocycles. The lowest BCUT2D eigenvalue weighted by Crippen LogP contribution is -2.33. The average Bonchev–Trinajstić information content (AvgIpc) is 2.82. The maximum atomic E-state index is 4.60. The van der Waals surface area contributed by atoms with Crippen LogP contribution >= 0.6 is 59.1 Å². The maximum absolute atomic E-state index is 4.60. The van der Waals surface area contributed by atoms with Crippen molar-refractivity contribution >= 4 is 59.1 Å². The average molecular weight is 468 g/mol. The standard InChI is InChI=1S/C14H14Br3NS/c1-10-18-13(7-19-10)6-14(8-15,9-16)11-2-4-12(17)5-3-11/h2-5,7H,6,8-9H2,1H3. The van der Waals surface area contributed by atoms with E-state index in [0.717, 1.165) is 26.6 Å². The summed E-state index contributed by atoms with van der Waals surface area (Å²) in [6.45, 7) is 2.05. The van der Waals surface area contributed by atoms with Crippen LogP contribution in [-0.4, -0.2) is 15.6 Å². The Morgan fingerprint density at radius 3 is 2.26 bits per heavy atom. The van der Waals surface area contributed by atoms with Gasteiger partial charge in [-0.2, -0.15) is 0 Å². The van der Waals surface area contributed by atoms with Crippen LogP contribution in [0.5, 0.6) is 0 Å². The molecule has 1 aromatic carbocycles. The summed E-state index contributed by atoms with van der Waals surface area (Å²) >= 11 is 12.6. The summed E-state index contributed by atoms with van der Waals surface area (Å²) in [4.78, 5) is 4.60. The van der Waals surface area contributed by atoms with Crippen molar-refractivity contribution < 1.29 is 0 Å². The zero-order chi connectivity index (χ0) is 13.9. The number of thiazole rings is 1. The first kappa shape index (κ1) is 15.7. The summed E-state index contributed by atoms with van der Waals surface area (Å²) in [5.74, 6) is 0. The highest BCUT2D eigenvalue weighted by atomic mass is 79.9. The summed E-state index contributed by atoms with van der Waals surface area (Å²) in [6.07, 6.45) is 0.940.